The van der Waals surface area contributed by atoms with Crippen molar-refractivity contribution in [1.29, 1.82) is 0 Å². The number of aliphatic hydroxyl groups is 2. The first-order chi connectivity index (χ1) is 15.6. The van der Waals surface area contributed by atoms with Crippen LogP contribution in [0.2, 0.25) is 0 Å². The van der Waals surface area contributed by atoms with Gasteiger partial charge >= 0.3 is 6.03 Å². The topological polar surface area (TPSA) is 76.0 Å². The van der Waals surface area contributed by atoms with Crippen molar-refractivity contribution >= 4 is 11.7 Å². The number of anilines is 1. The number of carbonyl (C=O) groups excluding carboxylic acids is 1. The SMILES string of the molecule is C[C@H](O)C#Cc1ccc([C@H]2[C@H]3CN(C(=O)Nc4ccccc4)CCCCN3[C@H]2CO)cc1. The van der Waals surface area contributed by atoms with E-state index in [4.69, 9.17) is 0 Å². The average Bonchev–Trinajstić information content (AvgIpc) is 2.78. The number of para-hydroxylation sites is 1. The number of amides is 2. The maximum Gasteiger partial charge on any atom is 0.321 e. The van der Waals surface area contributed by atoms with E-state index in [1.54, 1.807) is 6.92 Å². The molecule has 2 aromatic rings. The van der Waals surface area contributed by atoms with Crippen molar-refractivity contribution in [3.8, 4) is 11.8 Å². The third kappa shape index (κ3) is 4.97. The number of hydrogen-bond donors (Lipinski definition) is 3. The third-order valence-corrected chi connectivity index (χ3v) is 6.40. The van der Waals surface area contributed by atoms with E-state index in [-0.39, 0.29) is 30.6 Å². The molecule has 0 aliphatic carbocycles. The minimum Gasteiger partial charge on any atom is -0.395 e. The monoisotopic (exact) mass is 433 g/mol. The van der Waals surface area contributed by atoms with Gasteiger partial charge in [-0.1, -0.05) is 42.2 Å². The lowest BCUT2D eigenvalue weighted by atomic mass is 9.74. The molecule has 0 bridgehead atoms. The molecular formula is C26H31N3O3. The second-order valence-electron chi connectivity index (χ2n) is 8.60. The van der Waals surface area contributed by atoms with Crippen LogP contribution in [0.5, 0.6) is 0 Å². The molecule has 0 radical (unpaired) electrons. The fourth-order valence-corrected chi connectivity index (χ4v) is 4.83. The quantitative estimate of drug-likeness (QED) is 0.651. The van der Waals surface area contributed by atoms with Crippen LogP contribution in [0.25, 0.3) is 0 Å². The second kappa shape index (κ2) is 10.2. The highest BCUT2D eigenvalue weighted by molar-refractivity contribution is 5.89. The Balaban J connectivity index is 1.51. The van der Waals surface area contributed by atoms with Gasteiger partial charge in [-0.15, -0.1) is 0 Å². The molecule has 0 unspecified atom stereocenters. The van der Waals surface area contributed by atoms with Crippen LogP contribution in [0, 0.1) is 11.8 Å². The van der Waals surface area contributed by atoms with Crippen LogP contribution in [-0.4, -0.2) is 70.5 Å². The summed E-state index contributed by atoms with van der Waals surface area (Å²) in [5, 5.41) is 22.5. The summed E-state index contributed by atoms with van der Waals surface area (Å²) in [6.07, 6.45) is 1.30. The van der Waals surface area contributed by atoms with Crippen LogP contribution in [0.4, 0.5) is 10.5 Å². The summed E-state index contributed by atoms with van der Waals surface area (Å²) < 4.78 is 0. The first kappa shape index (κ1) is 22.3. The fraction of sp³-hybridized carbons (Fsp3) is 0.423. The van der Waals surface area contributed by atoms with Crippen LogP contribution in [0.1, 0.15) is 36.8 Å². The Morgan fingerprint density at radius 2 is 1.84 bits per heavy atom. The second-order valence-corrected chi connectivity index (χ2v) is 8.60. The highest BCUT2D eigenvalue weighted by Crippen LogP contribution is 2.42. The number of nitrogens with one attached hydrogen (secondary N) is 1. The molecule has 2 aliphatic heterocycles. The normalized spacial score (nSPS) is 24.1. The van der Waals surface area contributed by atoms with Crippen molar-refractivity contribution < 1.29 is 15.0 Å². The zero-order valence-corrected chi connectivity index (χ0v) is 18.4. The van der Waals surface area contributed by atoms with Crippen molar-refractivity contribution in [2.75, 3.05) is 31.6 Å². The minimum absolute atomic E-state index is 0.0616. The van der Waals surface area contributed by atoms with Gasteiger partial charge in [0.05, 0.1) is 6.61 Å². The average molecular weight is 434 g/mol. The summed E-state index contributed by atoms with van der Waals surface area (Å²) in [6.45, 7) is 4.04. The van der Waals surface area contributed by atoms with E-state index in [1.807, 2.05) is 47.4 Å². The van der Waals surface area contributed by atoms with Gasteiger partial charge in [-0.25, -0.2) is 4.79 Å². The molecule has 2 amide bonds. The number of rotatable bonds is 3. The number of carbonyl (C=O) groups is 1. The summed E-state index contributed by atoms with van der Waals surface area (Å²) in [7, 11) is 0. The molecule has 2 heterocycles. The highest BCUT2D eigenvalue weighted by Gasteiger charge is 2.49. The maximum atomic E-state index is 13.0. The van der Waals surface area contributed by atoms with Gasteiger partial charge in [0.2, 0.25) is 0 Å². The fourth-order valence-electron chi connectivity index (χ4n) is 4.83. The van der Waals surface area contributed by atoms with Crippen LogP contribution in [-0.2, 0) is 0 Å². The molecule has 2 aromatic carbocycles. The molecule has 6 nitrogen and oxygen atoms in total. The molecule has 32 heavy (non-hydrogen) atoms. The van der Waals surface area contributed by atoms with Gasteiger partial charge in [-0.2, -0.15) is 0 Å². The lowest BCUT2D eigenvalue weighted by Gasteiger charge is -2.57. The number of benzene rings is 2. The molecule has 6 heteroatoms. The summed E-state index contributed by atoms with van der Waals surface area (Å²) in [5.41, 5.74) is 2.80. The molecule has 0 saturated carbocycles. The summed E-state index contributed by atoms with van der Waals surface area (Å²) in [6, 6.07) is 17.7. The third-order valence-electron chi connectivity index (χ3n) is 6.40. The van der Waals surface area contributed by atoms with Gasteiger partial charge in [0.1, 0.15) is 6.10 Å². The summed E-state index contributed by atoms with van der Waals surface area (Å²) in [5.74, 6) is 5.89. The van der Waals surface area contributed by atoms with Gasteiger partial charge in [0.15, 0.2) is 0 Å². The number of fused-ring (bicyclic) bond motifs is 1. The molecule has 3 N–H and O–H groups in total. The molecule has 4 rings (SSSR count). The van der Waals surface area contributed by atoms with Crippen LogP contribution in [0.15, 0.2) is 54.6 Å². The number of nitrogens with zero attached hydrogens (tertiary/aromatic N) is 2. The summed E-state index contributed by atoms with van der Waals surface area (Å²) in [4.78, 5) is 17.3. The van der Waals surface area contributed by atoms with Gasteiger partial charge in [-0.05, 0) is 56.1 Å². The van der Waals surface area contributed by atoms with Gasteiger partial charge in [0, 0.05) is 42.3 Å². The van der Waals surface area contributed by atoms with Gasteiger partial charge < -0.3 is 20.4 Å². The van der Waals surface area contributed by atoms with E-state index < -0.39 is 6.10 Å². The Bertz CT molecular complexity index is 965. The first-order valence-electron chi connectivity index (χ1n) is 11.3. The molecule has 168 valence electrons. The van der Waals surface area contributed by atoms with E-state index in [2.05, 4.69) is 34.2 Å². The first-order valence-corrected chi connectivity index (χ1v) is 11.3. The van der Waals surface area contributed by atoms with Crippen molar-refractivity contribution in [2.45, 2.75) is 43.9 Å². The Labute approximate surface area is 189 Å². The zero-order chi connectivity index (χ0) is 22.5. The lowest BCUT2D eigenvalue weighted by Crippen LogP contribution is -2.68. The molecule has 0 aromatic heterocycles. The van der Waals surface area contributed by atoms with Crippen LogP contribution >= 0.6 is 0 Å². The molecule has 2 saturated heterocycles. The Morgan fingerprint density at radius 1 is 1.12 bits per heavy atom. The van der Waals surface area contributed by atoms with Gasteiger partial charge in [0.25, 0.3) is 0 Å². The zero-order valence-electron chi connectivity index (χ0n) is 18.4. The minimum atomic E-state index is -0.656. The lowest BCUT2D eigenvalue weighted by molar-refractivity contribution is -0.0585. The van der Waals surface area contributed by atoms with Gasteiger partial charge in [-0.3, -0.25) is 4.90 Å². The summed E-state index contributed by atoms with van der Waals surface area (Å²) >= 11 is 0. The molecule has 2 aliphatic rings. The molecule has 2 fully saturated rings. The molecular weight excluding hydrogens is 402 g/mol. The smallest absolute Gasteiger partial charge is 0.321 e. The van der Waals surface area contributed by atoms with E-state index in [0.717, 1.165) is 42.7 Å². The standard InChI is InChI=1S/C26H31N3O3/c1-19(31)9-10-20-11-13-21(14-12-20)25-23-17-28(15-5-6-16-29(23)24(25)18-30)26(32)27-22-7-3-2-4-8-22/h2-4,7-8,11-14,19,23-25,30-31H,5-6,15-18H2,1H3,(H,27,32)/t19-,23+,24-,25-/m0/s1. The van der Waals surface area contributed by atoms with E-state index in [0.29, 0.717) is 6.54 Å². The number of aliphatic hydroxyl groups excluding tert-OH is 2. The Kier molecular flexibility index (Phi) is 7.11. The predicted molar refractivity (Wildman–Crippen MR) is 125 cm³/mol. The molecule has 0 spiro atoms. The number of urea groups is 1. The van der Waals surface area contributed by atoms with E-state index in [1.165, 1.54) is 0 Å². The Hall–Kier alpha value is -2.85. The van der Waals surface area contributed by atoms with Crippen molar-refractivity contribution in [2.24, 2.45) is 0 Å². The van der Waals surface area contributed by atoms with E-state index in [9.17, 15) is 15.0 Å². The van der Waals surface area contributed by atoms with E-state index >= 15 is 0 Å². The number of hydrogen-bond acceptors (Lipinski definition) is 4. The Morgan fingerprint density at radius 3 is 2.53 bits per heavy atom. The predicted octanol–water partition coefficient (Wildman–Crippen LogP) is 2.88. The van der Waals surface area contributed by atoms with Crippen molar-refractivity contribution in [3.05, 3.63) is 65.7 Å². The van der Waals surface area contributed by atoms with Crippen LogP contribution < -0.4 is 5.32 Å². The maximum absolute atomic E-state index is 13.0. The largest absolute Gasteiger partial charge is 0.395 e. The highest BCUT2D eigenvalue weighted by atomic mass is 16.3. The van der Waals surface area contributed by atoms with Crippen LogP contribution in [0.3, 0.4) is 0 Å². The molecule has 4 atom stereocenters. The van der Waals surface area contributed by atoms with Crippen molar-refractivity contribution in [3.63, 3.8) is 0 Å². The van der Waals surface area contributed by atoms with Crippen molar-refractivity contribution in [1.82, 2.24) is 9.80 Å².